The number of nitrogens with zero attached hydrogens (tertiary/aromatic N) is 1. The van der Waals surface area contributed by atoms with Crippen LogP contribution in [-0.2, 0) is 22.3 Å². The Hall–Kier alpha value is -4.09. The van der Waals surface area contributed by atoms with Gasteiger partial charge in [-0.1, -0.05) is 18.2 Å². The van der Waals surface area contributed by atoms with Gasteiger partial charge in [0.15, 0.2) is 0 Å². The van der Waals surface area contributed by atoms with E-state index < -0.39 is 65.2 Å². The number of amides is 5. The fourth-order valence-electron chi connectivity index (χ4n) is 3.93. The number of hydrogen-bond acceptors (Lipinski definition) is 5. The minimum Gasteiger partial charge on any atom is -0.348 e. The van der Waals surface area contributed by atoms with E-state index >= 15 is 0 Å². The predicted molar refractivity (Wildman–Crippen MR) is 106 cm³/mol. The number of nitrogens with one attached hydrogen (secondary N) is 2. The topological polar surface area (TPSA) is 113 Å². The van der Waals surface area contributed by atoms with Gasteiger partial charge in [0, 0.05) is 13.0 Å². The van der Waals surface area contributed by atoms with Crippen molar-refractivity contribution in [1.29, 1.82) is 0 Å². The highest BCUT2D eigenvalue weighted by molar-refractivity contribution is 6.24. The summed E-state index contributed by atoms with van der Waals surface area (Å²) in [5.41, 5.74) is -2.42. The summed E-state index contributed by atoms with van der Waals surface area (Å²) in [4.78, 5) is 62.5. The van der Waals surface area contributed by atoms with Crippen LogP contribution in [0.5, 0.6) is 0 Å². The summed E-state index contributed by atoms with van der Waals surface area (Å²) in [5, 5.41) is 4.33. The van der Waals surface area contributed by atoms with Gasteiger partial charge in [0.05, 0.1) is 22.3 Å². The first-order valence-corrected chi connectivity index (χ1v) is 9.98. The van der Waals surface area contributed by atoms with Gasteiger partial charge in [-0.2, -0.15) is 13.2 Å². The molecular formula is C22H15F4N3O5. The van der Waals surface area contributed by atoms with E-state index in [-0.39, 0.29) is 29.5 Å². The number of fused-ring (bicyclic) bond motifs is 1. The van der Waals surface area contributed by atoms with Gasteiger partial charge >= 0.3 is 6.18 Å². The van der Waals surface area contributed by atoms with Crippen LogP contribution in [0.15, 0.2) is 36.4 Å². The summed E-state index contributed by atoms with van der Waals surface area (Å²) in [6, 6.07) is 5.26. The Morgan fingerprint density at radius 3 is 2.44 bits per heavy atom. The van der Waals surface area contributed by atoms with Crippen LogP contribution < -0.4 is 10.6 Å². The zero-order valence-electron chi connectivity index (χ0n) is 17.2. The Kier molecular flexibility index (Phi) is 5.67. The van der Waals surface area contributed by atoms with Gasteiger partial charge in [0.1, 0.15) is 11.9 Å². The SMILES string of the molecule is O=C1CCC(N2C(=O)c3cccc(CNC(=O)c4cccc(C(F)(F)F)c4F)c3C2=O)C(=O)N1. The number of benzene rings is 2. The third-order valence-corrected chi connectivity index (χ3v) is 5.54. The second-order valence-corrected chi connectivity index (χ2v) is 7.63. The average molecular weight is 477 g/mol. The van der Waals surface area contributed by atoms with Gasteiger partial charge in [-0.25, -0.2) is 4.39 Å². The summed E-state index contributed by atoms with van der Waals surface area (Å²) < 4.78 is 53.0. The van der Waals surface area contributed by atoms with Gasteiger partial charge in [-0.05, 0) is 30.2 Å². The molecule has 1 fully saturated rings. The molecule has 0 bridgehead atoms. The molecule has 0 radical (unpaired) electrons. The van der Waals surface area contributed by atoms with Gasteiger partial charge in [0.2, 0.25) is 11.8 Å². The molecule has 0 aromatic heterocycles. The normalized spacial score (nSPS) is 18.1. The Labute approximate surface area is 188 Å². The molecule has 0 aliphatic carbocycles. The second-order valence-electron chi connectivity index (χ2n) is 7.63. The van der Waals surface area contributed by atoms with E-state index in [4.69, 9.17) is 0 Å². The molecule has 176 valence electrons. The van der Waals surface area contributed by atoms with Crippen molar-refractivity contribution in [3.8, 4) is 0 Å². The number of hydrogen-bond donors (Lipinski definition) is 2. The quantitative estimate of drug-likeness (QED) is 0.518. The highest BCUT2D eigenvalue weighted by Gasteiger charge is 2.45. The lowest BCUT2D eigenvalue weighted by Gasteiger charge is -2.27. The fraction of sp³-hybridized carbons (Fsp3) is 0.227. The molecule has 5 amide bonds. The first-order chi connectivity index (χ1) is 16.0. The van der Waals surface area contributed by atoms with E-state index in [0.717, 1.165) is 17.0 Å². The lowest BCUT2D eigenvalue weighted by atomic mass is 10.0. The van der Waals surface area contributed by atoms with E-state index in [2.05, 4.69) is 10.6 Å². The maximum absolute atomic E-state index is 14.3. The lowest BCUT2D eigenvalue weighted by molar-refractivity contribution is -0.140. The fourth-order valence-corrected chi connectivity index (χ4v) is 3.93. The van der Waals surface area contributed by atoms with Crippen molar-refractivity contribution >= 4 is 29.5 Å². The molecule has 12 heteroatoms. The zero-order chi connectivity index (χ0) is 24.8. The van der Waals surface area contributed by atoms with Crippen LogP contribution in [0.1, 0.15) is 55.0 Å². The number of piperidine rings is 1. The first-order valence-electron chi connectivity index (χ1n) is 9.98. The maximum atomic E-state index is 14.3. The Morgan fingerprint density at radius 1 is 1.06 bits per heavy atom. The van der Waals surface area contributed by atoms with Crippen LogP contribution in [0.4, 0.5) is 17.6 Å². The number of carbonyl (C=O) groups excluding carboxylic acids is 5. The van der Waals surface area contributed by atoms with Gasteiger partial charge in [0.25, 0.3) is 17.7 Å². The van der Waals surface area contributed by atoms with Crippen molar-refractivity contribution in [3.63, 3.8) is 0 Å². The smallest absolute Gasteiger partial charge is 0.348 e. The highest BCUT2D eigenvalue weighted by Crippen LogP contribution is 2.33. The van der Waals surface area contributed by atoms with Crippen LogP contribution in [0.2, 0.25) is 0 Å². The molecule has 1 unspecified atom stereocenters. The molecule has 2 heterocycles. The first kappa shape index (κ1) is 23.1. The highest BCUT2D eigenvalue weighted by atomic mass is 19.4. The molecule has 34 heavy (non-hydrogen) atoms. The van der Waals surface area contributed by atoms with E-state index in [9.17, 15) is 41.5 Å². The molecule has 1 atom stereocenters. The van der Waals surface area contributed by atoms with Gasteiger partial charge in [-0.3, -0.25) is 34.2 Å². The minimum absolute atomic E-state index is 0.0355. The maximum Gasteiger partial charge on any atom is 0.419 e. The molecule has 2 aliphatic heterocycles. The number of rotatable bonds is 4. The van der Waals surface area contributed by atoms with Crippen LogP contribution in [0.25, 0.3) is 0 Å². The Bertz CT molecular complexity index is 1260. The molecule has 0 spiro atoms. The van der Waals surface area contributed by atoms with Gasteiger partial charge in [-0.15, -0.1) is 0 Å². The number of halogens is 4. The summed E-state index contributed by atoms with van der Waals surface area (Å²) in [6.07, 6.45) is -5.10. The summed E-state index contributed by atoms with van der Waals surface area (Å²) in [6.45, 7) is -0.403. The third-order valence-electron chi connectivity index (χ3n) is 5.54. The van der Waals surface area contributed by atoms with E-state index in [1.165, 1.54) is 18.2 Å². The Balaban J connectivity index is 1.57. The molecule has 0 saturated carbocycles. The standard InChI is InChI=1S/C22H15F4N3O5/c23-17-12(5-2-6-13(17)22(24,25)26)18(31)27-9-10-3-1-4-11-16(10)21(34)29(20(11)33)14-7-8-15(30)28-19(14)32/h1-6,14H,7-9H2,(H,27,31)(H,28,30,32). The lowest BCUT2D eigenvalue weighted by Crippen LogP contribution is -2.54. The zero-order valence-corrected chi connectivity index (χ0v) is 17.2. The van der Waals surface area contributed by atoms with Crippen LogP contribution in [0, 0.1) is 5.82 Å². The molecule has 4 rings (SSSR count). The molecule has 8 nitrogen and oxygen atoms in total. The molecule has 2 N–H and O–H groups in total. The van der Waals surface area contributed by atoms with Crippen molar-refractivity contribution in [3.05, 3.63) is 70.0 Å². The van der Waals surface area contributed by atoms with E-state index in [1.807, 2.05) is 0 Å². The molecule has 1 saturated heterocycles. The van der Waals surface area contributed by atoms with Crippen molar-refractivity contribution in [1.82, 2.24) is 15.5 Å². The van der Waals surface area contributed by atoms with Crippen molar-refractivity contribution < 1.29 is 41.5 Å². The predicted octanol–water partition coefficient (Wildman–Crippen LogP) is 2.18. The number of alkyl halides is 3. The second kappa shape index (κ2) is 8.36. The molecule has 2 aromatic rings. The summed E-state index contributed by atoms with van der Waals surface area (Å²) >= 11 is 0. The number of carbonyl (C=O) groups is 5. The van der Waals surface area contributed by atoms with E-state index in [1.54, 1.807) is 0 Å². The average Bonchev–Trinajstić information content (AvgIpc) is 3.02. The molecule has 2 aromatic carbocycles. The minimum atomic E-state index is -4.99. The summed E-state index contributed by atoms with van der Waals surface area (Å²) in [7, 11) is 0. The van der Waals surface area contributed by atoms with Crippen LogP contribution in [0.3, 0.4) is 0 Å². The van der Waals surface area contributed by atoms with E-state index in [0.29, 0.717) is 6.07 Å². The monoisotopic (exact) mass is 477 g/mol. The van der Waals surface area contributed by atoms with Crippen LogP contribution >= 0.6 is 0 Å². The number of imide groups is 2. The molecular weight excluding hydrogens is 462 g/mol. The molecule has 2 aliphatic rings. The van der Waals surface area contributed by atoms with Crippen molar-refractivity contribution in [2.45, 2.75) is 31.6 Å². The Morgan fingerprint density at radius 2 is 1.76 bits per heavy atom. The summed E-state index contributed by atoms with van der Waals surface area (Å²) in [5.74, 6) is -5.78. The van der Waals surface area contributed by atoms with Crippen molar-refractivity contribution in [2.24, 2.45) is 0 Å². The largest absolute Gasteiger partial charge is 0.419 e. The van der Waals surface area contributed by atoms with Crippen molar-refractivity contribution in [2.75, 3.05) is 0 Å². The van der Waals surface area contributed by atoms with Crippen LogP contribution in [-0.4, -0.2) is 40.5 Å². The van der Waals surface area contributed by atoms with Gasteiger partial charge < -0.3 is 5.32 Å². The third kappa shape index (κ3) is 3.91.